The van der Waals surface area contributed by atoms with Crippen LogP contribution in [0.4, 0.5) is 27.9 Å². The van der Waals surface area contributed by atoms with Gasteiger partial charge in [0.1, 0.15) is 5.82 Å². The number of ether oxygens (including phenoxy) is 2. The molecule has 9 nitrogen and oxygen atoms in total. The molecule has 2 aromatic carbocycles. The average Bonchev–Trinajstić information content (AvgIpc) is 2.81. The van der Waals surface area contributed by atoms with Crippen LogP contribution in [0.1, 0.15) is 5.56 Å². The van der Waals surface area contributed by atoms with Crippen molar-refractivity contribution in [3.63, 3.8) is 0 Å². The molecule has 0 aliphatic rings. The third-order valence-corrected chi connectivity index (χ3v) is 4.19. The number of hydrogen-bond donors (Lipinski definition) is 4. The Kier molecular flexibility index (Phi) is 9.59. The number of nitrogens with zero attached hydrogens (tertiary/aromatic N) is 3. The molecule has 3 rings (SSSR count). The zero-order valence-electron chi connectivity index (χ0n) is 17.8. The number of benzene rings is 2. The summed E-state index contributed by atoms with van der Waals surface area (Å²) < 4.78 is 23.9. The largest absolute Gasteiger partial charge is 0.378 e. The summed E-state index contributed by atoms with van der Waals surface area (Å²) in [6.45, 7) is 3.45. The lowest BCUT2D eigenvalue weighted by Gasteiger charge is -2.12. The molecule has 32 heavy (non-hydrogen) atoms. The molecule has 0 atom stereocenters. The van der Waals surface area contributed by atoms with Gasteiger partial charge in [0.05, 0.1) is 26.4 Å². The van der Waals surface area contributed by atoms with E-state index < -0.39 is 0 Å². The van der Waals surface area contributed by atoms with Gasteiger partial charge in [0.15, 0.2) is 0 Å². The minimum Gasteiger partial charge on any atom is -0.378 e. The Morgan fingerprint density at radius 3 is 2.12 bits per heavy atom. The van der Waals surface area contributed by atoms with Crippen molar-refractivity contribution >= 4 is 23.5 Å². The predicted octanol–water partition coefficient (Wildman–Crippen LogP) is 2.77. The fourth-order valence-electron chi connectivity index (χ4n) is 2.66. The lowest BCUT2D eigenvalue weighted by atomic mass is 10.2. The molecule has 3 aromatic rings. The van der Waals surface area contributed by atoms with Gasteiger partial charge in [-0.2, -0.15) is 15.0 Å². The Hall–Kier alpha value is -3.34. The highest BCUT2D eigenvalue weighted by Crippen LogP contribution is 2.16. The fraction of sp³-hybridized carbons (Fsp3) is 0.318. The smallest absolute Gasteiger partial charge is 0.233 e. The number of nitrogens with one attached hydrogen (secondary N) is 3. The van der Waals surface area contributed by atoms with Crippen molar-refractivity contribution in [2.75, 3.05) is 55.5 Å². The first-order valence-electron chi connectivity index (χ1n) is 10.4. The second kappa shape index (κ2) is 13.2. The topological polar surface area (TPSA) is 119 Å². The predicted molar refractivity (Wildman–Crippen MR) is 122 cm³/mol. The standard InChI is InChI=1S/C22H28FN7O2/c23-18-8-6-17(7-9-18)16-26-21-28-20(25-11-13-32-15-14-31-12-10-24)29-22(30-21)27-19-4-2-1-3-5-19/h1-9H,10-16,24H2,(H3,25,26,27,28,29,30). The number of anilines is 4. The van der Waals surface area contributed by atoms with E-state index in [9.17, 15) is 4.39 Å². The molecule has 10 heteroatoms. The molecule has 5 N–H and O–H groups in total. The van der Waals surface area contributed by atoms with E-state index in [0.29, 0.717) is 63.9 Å². The Bertz CT molecular complexity index is 929. The second-order valence-electron chi connectivity index (χ2n) is 6.72. The lowest BCUT2D eigenvalue weighted by molar-refractivity contribution is 0.0547. The third-order valence-electron chi connectivity index (χ3n) is 4.19. The molecule has 0 amide bonds. The number of aromatic nitrogens is 3. The van der Waals surface area contributed by atoms with Gasteiger partial charge in [-0.3, -0.25) is 0 Å². The van der Waals surface area contributed by atoms with Crippen LogP contribution in [0.25, 0.3) is 0 Å². The van der Waals surface area contributed by atoms with E-state index in [0.717, 1.165) is 11.3 Å². The van der Waals surface area contributed by atoms with Crippen molar-refractivity contribution in [1.29, 1.82) is 0 Å². The molecule has 0 unspecified atom stereocenters. The maximum absolute atomic E-state index is 13.1. The minimum absolute atomic E-state index is 0.275. The summed E-state index contributed by atoms with van der Waals surface area (Å²) in [6, 6.07) is 15.9. The van der Waals surface area contributed by atoms with Crippen LogP contribution in [0.2, 0.25) is 0 Å². The maximum atomic E-state index is 13.1. The van der Waals surface area contributed by atoms with Crippen LogP contribution in [0, 0.1) is 5.82 Å². The van der Waals surface area contributed by atoms with Crippen LogP contribution in [-0.2, 0) is 16.0 Å². The van der Waals surface area contributed by atoms with Crippen LogP contribution in [0.3, 0.4) is 0 Å². The molecule has 1 heterocycles. The number of hydrogen-bond acceptors (Lipinski definition) is 9. The Morgan fingerprint density at radius 2 is 1.41 bits per heavy atom. The molecule has 1 aromatic heterocycles. The summed E-state index contributed by atoms with van der Waals surface area (Å²) in [5.74, 6) is 0.915. The van der Waals surface area contributed by atoms with Crippen molar-refractivity contribution in [3.8, 4) is 0 Å². The SMILES string of the molecule is NCCOCCOCCNc1nc(NCc2ccc(F)cc2)nc(Nc2ccccc2)n1. The van der Waals surface area contributed by atoms with Gasteiger partial charge < -0.3 is 31.2 Å². The molecule has 0 bridgehead atoms. The van der Waals surface area contributed by atoms with E-state index in [2.05, 4.69) is 30.9 Å². The highest BCUT2D eigenvalue weighted by Gasteiger charge is 2.07. The van der Waals surface area contributed by atoms with Gasteiger partial charge in [-0.05, 0) is 29.8 Å². The molecular weight excluding hydrogens is 413 g/mol. The van der Waals surface area contributed by atoms with Crippen molar-refractivity contribution in [2.24, 2.45) is 5.73 Å². The monoisotopic (exact) mass is 441 g/mol. The summed E-state index contributed by atoms with van der Waals surface area (Å²) in [5.41, 5.74) is 7.13. The Morgan fingerprint density at radius 1 is 0.750 bits per heavy atom. The summed E-state index contributed by atoms with van der Waals surface area (Å²) >= 11 is 0. The first-order chi connectivity index (χ1) is 15.7. The highest BCUT2D eigenvalue weighted by atomic mass is 19.1. The number of para-hydroxylation sites is 1. The van der Waals surface area contributed by atoms with Crippen LogP contribution in [0.5, 0.6) is 0 Å². The number of nitrogens with two attached hydrogens (primary N) is 1. The van der Waals surface area contributed by atoms with Crippen molar-refractivity contribution in [2.45, 2.75) is 6.54 Å². The van der Waals surface area contributed by atoms with Crippen molar-refractivity contribution in [3.05, 3.63) is 66.0 Å². The van der Waals surface area contributed by atoms with Gasteiger partial charge in [-0.1, -0.05) is 30.3 Å². The normalized spacial score (nSPS) is 10.7. The maximum Gasteiger partial charge on any atom is 0.233 e. The minimum atomic E-state index is -0.275. The molecule has 0 aliphatic heterocycles. The summed E-state index contributed by atoms with van der Waals surface area (Å²) in [5, 5.41) is 9.47. The second-order valence-corrected chi connectivity index (χ2v) is 6.72. The fourth-order valence-corrected chi connectivity index (χ4v) is 2.66. The first kappa shape index (κ1) is 23.3. The van der Waals surface area contributed by atoms with Crippen molar-refractivity contribution < 1.29 is 13.9 Å². The molecular formula is C22H28FN7O2. The van der Waals surface area contributed by atoms with Gasteiger partial charge in [-0.15, -0.1) is 0 Å². The molecule has 0 radical (unpaired) electrons. The number of halogens is 1. The zero-order chi connectivity index (χ0) is 22.4. The van der Waals surface area contributed by atoms with Crippen LogP contribution in [0.15, 0.2) is 54.6 Å². The van der Waals surface area contributed by atoms with Gasteiger partial charge in [0.2, 0.25) is 17.8 Å². The van der Waals surface area contributed by atoms with E-state index in [1.54, 1.807) is 12.1 Å². The average molecular weight is 442 g/mol. The van der Waals surface area contributed by atoms with Gasteiger partial charge >= 0.3 is 0 Å². The van der Waals surface area contributed by atoms with E-state index >= 15 is 0 Å². The van der Waals surface area contributed by atoms with E-state index in [-0.39, 0.29) is 5.82 Å². The molecule has 0 spiro atoms. The molecule has 0 aliphatic carbocycles. The van der Waals surface area contributed by atoms with E-state index in [1.165, 1.54) is 12.1 Å². The van der Waals surface area contributed by atoms with Gasteiger partial charge in [0.25, 0.3) is 0 Å². The summed E-state index contributed by atoms with van der Waals surface area (Å²) in [6.07, 6.45) is 0. The van der Waals surface area contributed by atoms with Crippen LogP contribution in [-0.4, -0.2) is 54.5 Å². The Balaban J connectivity index is 1.58. The zero-order valence-corrected chi connectivity index (χ0v) is 17.8. The van der Waals surface area contributed by atoms with E-state index in [4.69, 9.17) is 15.2 Å². The molecule has 170 valence electrons. The number of rotatable bonds is 14. The van der Waals surface area contributed by atoms with Gasteiger partial charge in [-0.25, -0.2) is 4.39 Å². The van der Waals surface area contributed by atoms with Crippen molar-refractivity contribution in [1.82, 2.24) is 15.0 Å². The molecule has 0 saturated carbocycles. The molecule has 0 saturated heterocycles. The molecule has 0 fully saturated rings. The Labute approximate surface area is 186 Å². The van der Waals surface area contributed by atoms with Crippen LogP contribution >= 0.6 is 0 Å². The highest BCUT2D eigenvalue weighted by molar-refractivity contribution is 5.55. The quantitative estimate of drug-likeness (QED) is 0.280. The first-order valence-corrected chi connectivity index (χ1v) is 10.4. The summed E-state index contributed by atoms with van der Waals surface area (Å²) in [7, 11) is 0. The third kappa shape index (κ3) is 8.42. The van der Waals surface area contributed by atoms with Gasteiger partial charge in [0, 0.05) is 25.3 Å². The van der Waals surface area contributed by atoms with Crippen LogP contribution < -0.4 is 21.7 Å². The van der Waals surface area contributed by atoms with E-state index in [1.807, 2.05) is 30.3 Å². The summed E-state index contributed by atoms with van der Waals surface area (Å²) in [4.78, 5) is 13.3. The lowest BCUT2D eigenvalue weighted by Crippen LogP contribution is -2.17.